The van der Waals surface area contributed by atoms with Gasteiger partial charge in [-0.15, -0.1) is 0 Å². The van der Waals surface area contributed by atoms with Crippen LogP contribution in [0.3, 0.4) is 0 Å². The van der Waals surface area contributed by atoms with E-state index in [1.807, 2.05) is 0 Å². The van der Waals surface area contributed by atoms with Crippen LogP contribution in [0, 0.1) is 11.6 Å². The van der Waals surface area contributed by atoms with Gasteiger partial charge in [-0.25, -0.2) is 36.7 Å². The van der Waals surface area contributed by atoms with E-state index in [1.165, 1.54) is 30.3 Å². The van der Waals surface area contributed by atoms with E-state index in [2.05, 4.69) is 22.6 Å². The number of hydrogen-bond donors (Lipinski definition) is 0. The summed E-state index contributed by atoms with van der Waals surface area (Å²) in [5.74, 6) is -6.53. The molecule has 0 saturated carbocycles. The minimum atomic E-state index is -3.13. The lowest BCUT2D eigenvalue weighted by atomic mass is 10.2. The van der Waals surface area contributed by atoms with Crippen LogP contribution in [0.15, 0.2) is 92.1 Å². The average molecular weight is 657 g/mol. The molecule has 0 aliphatic carbocycles. The fraction of sp³-hybridized carbons (Fsp3) is 0.0909. The van der Waals surface area contributed by atoms with E-state index in [1.54, 1.807) is 0 Å². The summed E-state index contributed by atoms with van der Waals surface area (Å²) in [6, 6.07) is 10.1. The molecule has 0 aliphatic rings. The van der Waals surface area contributed by atoms with E-state index in [0.717, 1.165) is 60.7 Å². The normalized spacial score (nSPS) is 10.8. The summed E-state index contributed by atoms with van der Waals surface area (Å²) in [6.45, 7) is 5.30. The summed E-state index contributed by atoms with van der Waals surface area (Å²) in [6.07, 6.45) is 2.82. The molecule has 0 amide bonds. The SMILES string of the molecule is C=CC(=O)OCOc1ccc(/C=C\C(=O)Oc2ccc(OC(=O)/C=C\c3ccc(OCOC(=O)C=C)c(F)c3)c(C(F)F)c2)cc1F. The average Bonchev–Trinajstić information content (AvgIpc) is 3.04. The molecule has 0 aliphatic heterocycles. The quantitative estimate of drug-likeness (QED) is 0.0608. The molecule has 244 valence electrons. The Morgan fingerprint density at radius 2 is 1.11 bits per heavy atom. The van der Waals surface area contributed by atoms with Crippen LogP contribution in [0.1, 0.15) is 23.1 Å². The fourth-order valence-corrected chi connectivity index (χ4v) is 3.37. The number of carbonyl (C=O) groups is 4. The van der Waals surface area contributed by atoms with E-state index in [-0.39, 0.29) is 28.4 Å². The molecule has 0 spiro atoms. The van der Waals surface area contributed by atoms with Gasteiger partial charge < -0.3 is 28.4 Å². The van der Waals surface area contributed by atoms with Crippen LogP contribution in [-0.2, 0) is 28.7 Å². The number of halogens is 4. The topological polar surface area (TPSA) is 124 Å². The molecular formula is C33H24F4O10. The monoisotopic (exact) mass is 656 g/mol. The third-order valence-corrected chi connectivity index (χ3v) is 5.55. The maximum atomic E-state index is 14.2. The first-order chi connectivity index (χ1) is 22.5. The molecular weight excluding hydrogens is 632 g/mol. The summed E-state index contributed by atoms with van der Waals surface area (Å²) in [5, 5.41) is 0. The molecule has 3 aromatic carbocycles. The van der Waals surface area contributed by atoms with Crippen molar-refractivity contribution in [3.8, 4) is 23.0 Å². The van der Waals surface area contributed by atoms with Gasteiger partial charge >= 0.3 is 23.9 Å². The Hall–Kier alpha value is -6.18. The molecule has 47 heavy (non-hydrogen) atoms. The summed E-state index contributed by atoms with van der Waals surface area (Å²) in [4.78, 5) is 46.5. The smallest absolute Gasteiger partial charge is 0.336 e. The van der Waals surface area contributed by atoms with Crippen molar-refractivity contribution in [3.63, 3.8) is 0 Å². The lowest BCUT2D eigenvalue weighted by Crippen LogP contribution is -2.08. The van der Waals surface area contributed by atoms with Crippen molar-refractivity contribution in [1.29, 1.82) is 0 Å². The van der Waals surface area contributed by atoms with Gasteiger partial charge in [-0.05, 0) is 65.7 Å². The molecule has 3 aromatic rings. The Bertz CT molecular complexity index is 1720. The van der Waals surface area contributed by atoms with Crippen molar-refractivity contribution in [2.24, 2.45) is 0 Å². The van der Waals surface area contributed by atoms with Gasteiger partial charge in [0.25, 0.3) is 6.43 Å². The third kappa shape index (κ3) is 11.4. The van der Waals surface area contributed by atoms with Crippen molar-refractivity contribution >= 4 is 36.0 Å². The molecule has 0 N–H and O–H groups in total. The first-order valence-electron chi connectivity index (χ1n) is 13.1. The van der Waals surface area contributed by atoms with Crippen LogP contribution in [0.25, 0.3) is 12.2 Å². The Kier molecular flexibility index (Phi) is 13.0. The van der Waals surface area contributed by atoms with Crippen LogP contribution >= 0.6 is 0 Å². The molecule has 0 unspecified atom stereocenters. The van der Waals surface area contributed by atoms with Crippen LogP contribution < -0.4 is 18.9 Å². The van der Waals surface area contributed by atoms with E-state index in [4.69, 9.17) is 18.9 Å². The van der Waals surface area contributed by atoms with Gasteiger partial charge in [0, 0.05) is 24.3 Å². The molecule has 0 heterocycles. The highest BCUT2D eigenvalue weighted by molar-refractivity contribution is 5.90. The second-order valence-electron chi connectivity index (χ2n) is 8.75. The van der Waals surface area contributed by atoms with Crippen molar-refractivity contribution in [1.82, 2.24) is 0 Å². The molecule has 0 saturated heterocycles. The molecule has 14 heteroatoms. The molecule has 0 radical (unpaired) electrons. The first kappa shape index (κ1) is 35.3. The molecule has 0 bridgehead atoms. The van der Waals surface area contributed by atoms with Gasteiger partial charge in [0.1, 0.15) is 11.5 Å². The standard InChI is InChI=1S/C33H24F4O10/c1-3-29(38)44-18-42-27-10-5-20(15-24(27)34)7-13-31(40)46-22-9-12-26(23(17-22)33(36)37)47-32(41)14-8-21-6-11-28(25(35)16-21)43-19-45-30(39)4-2/h3-17,33H,1-2,18-19H2/b13-7-,14-8-. The van der Waals surface area contributed by atoms with E-state index in [9.17, 15) is 36.7 Å². The number of alkyl halides is 2. The number of rotatable bonds is 15. The lowest BCUT2D eigenvalue weighted by Gasteiger charge is -2.10. The molecule has 0 atom stereocenters. The molecule has 3 rings (SSSR count). The lowest BCUT2D eigenvalue weighted by molar-refractivity contribution is -0.145. The highest BCUT2D eigenvalue weighted by Crippen LogP contribution is 2.33. The maximum Gasteiger partial charge on any atom is 0.336 e. The zero-order chi connectivity index (χ0) is 34.3. The third-order valence-electron chi connectivity index (χ3n) is 5.55. The minimum absolute atomic E-state index is 0.192. The minimum Gasteiger partial charge on any atom is -0.454 e. The van der Waals surface area contributed by atoms with Gasteiger partial charge in [-0.2, -0.15) is 0 Å². The zero-order valence-corrected chi connectivity index (χ0v) is 24.2. The van der Waals surface area contributed by atoms with Gasteiger partial charge in [0.05, 0.1) is 5.56 Å². The first-order valence-corrected chi connectivity index (χ1v) is 13.1. The largest absolute Gasteiger partial charge is 0.454 e. The van der Waals surface area contributed by atoms with Crippen LogP contribution in [0.4, 0.5) is 17.6 Å². The zero-order valence-electron chi connectivity index (χ0n) is 24.2. The summed E-state index contributed by atoms with van der Waals surface area (Å²) >= 11 is 0. The van der Waals surface area contributed by atoms with Gasteiger partial charge in [-0.1, -0.05) is 25.3 Å². The van der Waals surface area contributed by atoms with Gasteiger partial charge in [-0.3, -0.25) is 0 Å². The highest BCUT2D eigenvalue weighted by Gasteiger charge is 2.18. The second kappa shape index (κ2) is 17.3. The van der Waals surface area contributed by atoms with E-state index >= 15 is 0 Å². The number of carbonyl (C=O) groups excluding carboxylic acids is 4. The molecule has 0 aromatic heterocycles. The van der Waals surface area contributed by atoms with Crippen molar-refractivity contribution in [3.05, 3.63) is 120 Å². The number of esters is 4. The second-order valence-corrected chi connectivity index (χ2v) is 8.75. The Morgan fingerprint density at radius 3 is 1.55 bits per heavy atom. The number of benzene rings is 3. The van der Waals surface area contributed by atoms with E-state index < -0.39 is 66.8 Å². The van der Waals surface area contributed by atoms with Crippen LogP contribution in [0.5, 0.6) is 23.0 Å². The predicted molar refractivity (Wildman–Crippen MR) is 157 cm³/mol. The number of ether oxygens (including phenoxy) is 6. The fourth-order valence-electron chi connectivity index (χ4n) is 3.37. The Balaban J connectivity index is 1.58. The Labute approximate surface area is 264 Å². The summed E-state index contributed by atoms with van der Waals surface area (Å²) in [7, 11) is 0. The maximum absolute atomic E-state index is 14.2. The number of hydrogen-bond acceptors (Lipinski definition) is 10. The van der Waals surface area contributed by atoms with E-state index in [0.29, 0.717) is 0 Å². The Morgan fingerprint density at radius 1 is 0.638 bits per heavy atom. The van der Waals surface area contributed by atoms with Crippen LogP contribution in [-0.4, -0.2) is 37.5 Å². The van der Waals surface area contributed by atoms with Crippen molar-refractivity contribution in [2.45, 2.75) is 6.43 Å². The van der Waals surface area contributed by atoms with Crippen molar-refractivity contribution in [2.75, 3.05) is 13.6 Å². The summed E-state index contributed by atoms with van der Waals surface area (Å²) < 4.78 is 85.1. The summed E-state index contributed by atoms with van der Waals surface area (Å²) in [5.41, 5.74) is -0.350. The molecule has 0 fully saturated rings. The van der Waals surface area contributed by atoms with Crippen molar-refractivity contribution < 1.29 is 65.2 Å². The molecule has 10 nitrogen and oxygen atoms in total. The van der Waals surface area contributed by atoms with Crippen LogP contribution in [0.2, 0.25) is 0 Å². The van der Waals surface area contributed by atoms with Gasteiger partial charge in [0.15, 0.2) is 23.1 Å². The predicted octanol–water partition coefficient (Wildman–Crippen LogP) is 6.27. The van der Waals surface area contributed by atoms with Gasteiger partial charge in [0.2, 0.25) is 13.6 Å². The highest BCUT2D eigenvalue weighted by atomic mass is 19.3.